The van der Waals surface area contributed by atoms with Crippen molar-refractivity contribution in [2.24, 2.45) is 23.2 Å². The van der Waals surface area contributed by atoms with E-state index in [0.717, 1.165) is 30.0 Å². The summed E-state index contributed by atoms with van der Waals surface area (Å²) in [6, 6.07) is 0. The van der Waals surface area contributed by atoms with Crippen molar-refractivity contribution in [3.05, 3.63) is 23.8 Å². The van der Waals surface area contributed by atoms with Crippen LogP contribution in [0.25, 0.3) is 0 Å². The number of carbonyl (C=O) groups is 1. The van der Waals surface area contributed by atoms with Crippen LogP contribution in [0.5, 0.6) is 0 Å². The van der Waals surface area contributed by atoms with Gasteiger partial charge in [0.2, 0.25) is 0 Å². The lowest BCUT2D eigenvalue weighted by Gasteiger charge is -2.56. The smallest absolute Gasteiger partial charge is 0.338 e. The van der Waals surface area contributed by atoms with Crippen LogP contribution in [0.3, 0.4) is 0 Å². The summed E-state index contributed by atoms with van der Waals surface area (Å²) in [5, 5.41) is 8.90. The van der Waals surface area contributed by atoms with E-state index >= 15 is 0 Å². The van der Waals surface area contributed by atoms with Crippen molar-refractivity contribution in [1.29, 1.82) is 0 Å². The molecule has 1 N–H and O–H groups in total. The Morgan fingerprint density at radius 3 is 2.05 bits per heavy atom. The Balaban J connectivity index is 1.55. The predicted molar refractivity (Wildman–Crippen MR) is 73.3 cm³/mol. The second-order valence-electron chi connectivity index (χ2n) is 7.29. The second kappa shape index (κ2) is 4.27. The van der Waals surface area contributed by atoms with Crippen molar-refractivity contribution in [2.75, 3.05) is 0 Å². The fraction of sp³-hybridized carbons (Fsp3) is 0.688. The van der Waals surface area contributed by atoms with E-state index in [1.807, 2.05) is 0 Å². The van der Waals surface area contributed by atoms with E-state index in [1.54, 1.807) is 0 Å². The van der Waals surface area contributed by atoms with Crippen molar-refractivity contribution in [1.82, 2.24) is 9.97 Å². The number of hydrogen-bond donors (Lipinski definition) is 1. The SMILES string of the molecule is O=C(O)c1cnc(CC23CC4CC(CC(C4)C2)C3)nc1. The third-order valence-corrected chi connectivity index (χ3v) is 5.65. The number of aromatic nitrogens is 2. The van der Waals surface area contributed by atoms with Gasteiger partial charge in [-0.3, -0.25) is 0 Å². The van der Waals surface area contributed by atoms with Gasteiger partial charge in [-0.1, -0.05) is 0 Å². The Hall–Kier alpha value is -1.45. The van der Waals surface area contributed by atoms with Crippen molar-refractivity contribution in [3.63, 3.8) is 0 Å². The Kier molecular flexibility index (Phi) is 2.63. The van der Waals surface area contributed by atoms with E-state index in [2.05, 4.69) is 9.97 Å². The van der Waals surface area contributed by atoms with E-state index in [0.29, 0.717) is 5.41 Å². The van der Waals surface area contributed by atoms with E-state index in [4.69, 9.17) is 5.11 Å². The van der Waals surface area contributed by atoms with Gasteiger partial charge in [-0.2, -0.15) is 0 Å². The Morgan fingerprint density at radius 1 is 1.10 bits per heavy atom. The molecule has 4 nitrogen and oxygen atoms in total. The fourth-order valence-corrected chi connectivity index (χ4v) is 5.40. The van der Waals surface area contributed by atoms with Gasteiger partial charge in [-0.05, 0) is 61.7 Å². The van der Waals surface area contributed by atoms with Gasteiger partial charge >= 0.3 is 5.97 Å². The van der Waals surface area contributed by atoms with Gasteiger partial charge < -0.3 is 5.11 Å². The summed E-state index contributed by atoms with van der Waals surface area (Å²) in [4.78, 5) is 19.4. The molecule has 1 aromatic heterocycles. The molecule has 0 atom stereocenters. The van der Waals surface area contributed by atoms with Crippen LogP contribution in [0.4, 0.5) is 0 Å². The Bertz CT molecular complexity index is 503. The zero-order valence-electron chi connectivity index (χ0n) is 11.6. The maximum Gasteiger partial charge on any atom is 0.338 e. The summed E-state index contributed by atoms with van der Waals surface area (Å²) in [6.07, 6.45) is 12.2. The van der Waals surface area contributed by atoms with E-state index in [9.17, 15) is 4.79 Å². The van der Waals surface area contributed by atoms with Gasteiger partial charge in [0.15, 0.2) is 0 Å². The lowest BCUT2D eigenvalue weighted by atomic mass is 9.49. The molecule has 0 spiro atoms. The monoisotopic (exact) mass is 272 g/mol. The molecule has 4 heteroatoms. The average molecular weight is 272 g/mol. The molecule has 0 aliphatic heterocycles. The number of rotatable bonds is 3. The normalized spacial score (nSPS) is 38.1. The topological polar surface area (TPSA) is 63.1 Å². The molecule has 4 aliphatic carbocycles. The highest BCUT2D eigenvalue weighted by Gasteiger charge is 2.50. The maximum absolute atomic E-state index is 10.8. The minimum Gasteiger partial charge on any atom is -0.478 e. The molecular weight excluding hydrogens is 252 g/mol. The van der Waals surface area contributed by atoms with E-state index in [-0.39, 0.29) is 5.56 Å². The van der Waals surface area contributed by atoms with Crippen molar-refractivity contribution in [2.45, 2.75) is 44.9 Å². The second-order valence-corrected chi connectivity index (χ2v) is 7.29. The van der Waals surface area contributed by atoms with Gasteiger partial charge in [-0.25, -0.2) is 14.8 Å². The molecule has 4 aliphatic rings. The number of carboxylic acids is 1. The first kappa shape index (κ1) is 12.3. The van der Waals surface area contributed by atoms with Gasteiger partial charge in [0.05, 0.1) is 5.56 Å². The standard InChI is InChI=1S/C16H20N2O2/c19-15(20)13-8-17-14(18-9-13)7-16-4-10-1-11(5-16)3-12(2-10)6-16/h8-12H,1-7H2,(H,19,20). The predicted octanol–water partition coefficient (Wildman–Crippen LogP) is 2.93. The highest BCUT2D eigenvalue weighted by molar-refractivity contribution is 5.86. The number of aromatic carboxylic acids is 1. The van der Waals surface area contributed by atoms with Crippen LogP contribution < -0.4 is 0 Å². The van der Waals surface area contributed by atoms with Gasteiger partial charge in [-0.15, -0.1) is 0 Å². The Morgan fingerprint density at radius 2 is 1.60 bits per heavy atom. The van der Waals surface area contributed by atoms with Gasteiger partial charge in [0, 0.05) is 18.8 Å². The van der Waals surface area contributed by atoms with Crippen LogP contribution in [0.15, 0.2) is 12.4 Å². The first-order valence-electron chi connectivity index (χ1n) is 7.66. The highest BCUT2D eigenvalue weighted by Crippen LogP contribution is 2.60. The molecule has 0 unspecified atom stereocenters. The van der Waals surface area contributed by atoms with Crippen LogP contribution in [0, 0.1) is 23.2 Å². The molecule has 5 rings (SSSR count). The van der Waals surface area contributed by atoms with Crippen LogP contribution >= 0.6 is 0 Å². The minimum atomic E-state index is -0.952. The highest BCUT2D eigenvalue weighted by atomic mass is 16.4. The van der Waals surface area contributed by atoms with Crippen LogP contribution in [0.2, 0.25) is 0 Å². The van der Waals surface area contributed by atoms with Gasteiger partial charge in [0.25, 0.3) is 0 Å². The number of nitrogens with zero attached hydrogens (tertiary/aromatic N) is 2. The summed E-state index contributed by atoms with van der Waals surface area (Å²) >= 11 is 0. The van der Waals surface area contributed by atoms with E-state index in [1.165, 1.54) is 50.9 Å². The molecule has 0 radical (unpaired) electrons. The molecule has 20 heavy (non-hydrogen) atoms. The summed E-state index contributed by atoms with van der Waals surface area (Å²) in [6.45, 7) is 0. The quantitative estimate of drug-likeness (QED) is 0.919. The lowest BCUT2D eigenvalue weighted by molar-refractivity contribution is -0.0531. The van der Waals surface area contributed by atoms with Crippen molar-refractivity contribution < 1.29 is 9.90 Å². The Labute approximate surface area is 118 Å². The van der Waals surface area contributed by atoms with Crippen molar-refractivity contribution >= 4 is 5.97 Å². The third-order valence-electron chi connectivity index (χ3n) is 5.65. The van der Waals surface area contributed by atoms with Crippen LogP contribution in [-0.2, 0) is 6.42 Å². The third kappa shape index (κ3) is 2.02. The molecule has 0 aromatic carbocycles. The number of carboxylic acid groups (broad SMARTS) is 1. The first-order valence-corrected chi connectivity index (χ1v) is 7.66. The molecule has 1 aromatic rings. The molecule has 4 fully saturated rings. The molecule has 4 saturated carbocycles. The molecular formula is C16H20N2O2. The summed E-state index contributed by atoms with van der Waals surface area (Å²) in [5.74, 6) is 2.67. The summed E-state index contributed by atoms with van der Waals surface area (Å²) in [7, 11) is 0. The molecule has 106 valence electrons. The first-order chi connectivity index (χ1) is 9.62. The molecule has 1 heterocycles. The fourth-order valence-electron chi connectivity index (χ4n) is 5.40. The van der Waals surface area contributed by atoms with Crippen LogP contribution in [0.1, 0.15) is 54.7 Å². The lowest BCUT2D eigenvalue weighted by Crippen LogP contribution is -2.47. The minimum absolute atomic E-state index is 0.180. The van der Waals surface area contributed by atoms with Crippen molar-refractivity contribution in [3.8, 4) is 0 Å². The molecule has 0 saturated heterocycles. The number of hydrogen-bond acceptors (Lipinski definition) is 3. The maximum atomic E-state index is 10.8. The summed E-state index contributed by atoms with van der Waals surface area (Å²) in [5.41, 5.74) is 0.596. The zero-order chi connectivity index (χ0) is 13.7. The van der Waals surface area contributed by atoms with Gasteiger partial charge in [0.1, 0.15) is 5.82 Å². The van der Waals surface area contributed by atoms with Crippen LogP contribution in [-0.4, -0.2) is 21.0 Å². The zero-order valence-corrected chi connectivity index (χ0v) is 11.6. The van der Waals surface area contributed by atoms with E-state index < -0.39 is 5.97 Å². The summed E-state index contributed by atoms with van der Waals surface area (Å²) < 4.78 is 0. The largest absolute Gasteiger partial charge is 0.478 e. The molecule has 0 amide bonds. The molecule has 4 bridgehead atoms. The average Bonchev–Trinajstić information content (AvgIpc) is 2.37.